The minimum atomic E-state index is -3.29. The monoisotopic (exact) mass is 253 g/mol. The van der Waals surface area contributed by atoms with E-state index in [-0.39, 0.29) is 0 Å². The molecule has 0 aromatic carbocycles. The molecule has 0 spiro atoms. The van der Waals surface area contributed by atoms with Gasteiger partial charge in [0, 0.05) is 6.54 Å². The molecule has 1 N–H and O–H groups in total. The van der Waals surface area contributed by atoms with E-state index in [2.05, 4.69) is 17.0 Å². The van der Waals surface area contributed by atoms with Gasteiger partial charge in [-0.15, -0.1) is 0 Å². The van der Waals surface area contributed by atoms with Crippen molar-refractivity contribution in [3.05, 3.63) is 0 Å². The molecule has 0 amide bonds. The molecule has 0 radical (unpaired) electrons. The Kier molecular flexibility index (Phi) is 4.98. The molecule has 3 nitrogen and oxygen atoms in total. The van der Waals surface area contributed by atoms with Crippen LogP contribution in [0.5, 0.6) is 0 Å². The van der Waals surface area contributed by atoms with E-state index in [1.54, 1.807) is 11.8 Å². The van der Waals surface area contributed by atoms with E-state index in [1.807, 2.05) is 6.26 Å². The number of halogens is 2. The van der Waals surface area contributed by atoms with Crippen molar-refractivity contribution in [2.24, 2.45) is 5.92 Å². The summed E-state index contributed by atoms with van der Waals surface area (Å²) in [6, 6.07) is 0. The fourth-order valence-electron chi connectivity index (χ4n) is 1.60. The number of alkyl halides is 2. The van der Waals surface area contributed by atoms with Crippen molar-refractivity contribution in [2.75, 3.05) is 25.1 Å². The number of hydrogen-bond donors (Lipinski definition) is 1. The van der Waals surface area contributed by atoms with E-state index in [0.29, 0.717) is 12.5 Å². The highest BCUT2D eigenvalue weighted by Gasteiger charge is 2.50. The normalized spacial score (nSPS) is 25.5. The van der Waals surface area contributed by atoms with Crippen LogP contribution < -0.4 is 5.32 Å². The number of esters is 1. The van der Waals surface area contributed by atoms with Crippen molar-refractivity contribution >= 4 is 17.7 Å². The van der Waals surface area contributed by atoms with Crippen molar-refractivity contribution in [1.29, 1.82) is 0 Å². The number of ether oxygens (including phenoxy) is 1. The maximum Gasteiger partial charge on any atom is 0.377 e. The van der Waals surface area contributed by atoms with Crippen molar-refractivity contribution in [3.63, 3.8) is 0 Å². The van der Waals surface area contributed by atoms with Gasteiger partial charge in [-0.1, -0.05) is 6.92 Å². The quantitative estimate of drug-likeness (QED) is 0.729. The average Bonchev–Trinajstić information content (AvgIpc) is 2.41. The minimum absolute atomic E-state index is 0.306. The van der Waals surface area contributed by atoms with E-state index < -0.39 is 24.4 Å². The Balaban J connectivity index is 2.18. The summed E-state index contributed by atoms with van der Waals surface area (Å²) < 4.78 is 30.1. The predicted molar refractivity (Wildman–Crippen MR) is 59.9 cm³/mol. The van der Waals surface area contributed by atoms with E-state index in [0.717, 1.165) is 12.3 Å². The van der Waals surface area contributed by atoms with Crippen LogP contribution in [-0.4, -0.2) is 43.1 Å². The lowest BCUT2D eigenvalue weighted by molar-refractivity contribution is -0.159. The van der Waals surface area contributed by atoms with Gasteiger partial charge in [-0.25, -0.2) is 4.79 Å². The number of carbonyl (C=O) groups is 1. The molecule has 0 saturated carbocycles. The molecule has 1 rings (SSSR count). The molecule has 1 fully saturated rings. The molecule has 0 bridgehead atoms. The summed E-state index contributed by atoms with van der Waals surface area (Å²) in [5, 5.41) is 3.05. The minimum Gasteiger partial charge on any atom is -0.456 e. The van der Waals surface area contributed by atoms with Gasteiger partial charge >= 0.3 is 11.9 Å². The van der Waals surface area contributed by atoms with Gasteiger partial charge in [0.25, 0.3) is 0 Å². The first-order valence-corrected chi connectivity index (χ1v) is 6.63. The standard InChI is InChI=1S/C10H17F2NO2S/c1-7(6-16-2)4-13-5-8-3-10(11,12)9(14)15-8/h7-8,13H,3-6H2,1-2H3. The third kappa shape index (κ3) is 3.90. The van der Waals surface area contributed by atoms with Gasteiger partial charge in [-0.2, -0.15) is 20.5 Å². The Morgan fingerprint density at radius 1 is 1.69 bits per heavy atom. The van der Waals surface area contributed by atoms with Gasteiger partial charge in [0.15, 0.2) is 0 Å². The molecule has 0 aliphatic carbocycles. The molecule has 0 aromatic rings. The topological polar surface area (TPSA) is 38.3 Å². The summed E-state index contributed by atoms with van der Waals surface area (Å²) in [5.74, 6) is -3.19. The summed E-state index contributed by atoms with van der Waals surface area (Å²) >= 11 is 1.75. The van der Waals surface area contributed by atoms with E-state index in [4.69, 9.17) is 0 Å². The first-order chi connectivity index (χ1) is 7.45. The van der Waals surface area contributed by atoms with Gasteiger partial charge in [-0.05, 0) is 24.5 Å². The largest absolute Gasteiger partial charge is 0.456 e. The Labute approximate surface area is 98.3 Å². The number of carbonyl (C=O) groups excluding carboxylic acids is 1. The van der Waals surface area contributed by atoms with Gasteiger partial charge in [0.1, 0.15) is 6.10 Å². The first kappa shape index (κ1) is 13.7. The summed E-state index contributed by atoms with van der Waals surface area (Å²) in [4.78, 5) is 10.7. The maximum absolute atomic E-state index is 12.8. The predicted octanol–water partition coefficient (Wildman–Crippen LogP) is 1.53. The van der Waals surface area contributed by atoms with Gasteiger partial charge < -0.3 is 10.1 Å². The second-order valence-corrected chi connectivity index (χ2v) is 5.07. The first-order valence-electron chi connectivity index (χ1n) is 5.24. The van der Waals surface area contributed by atoms with Crippen LogP contribution in [0.3, 0.4) is 0 Å². The molecule has 2 unspecified atom stereocenters. The van der Waals surface area contributed by atoms with Crippen LogP contribution in [-0.2, 0) is 9.53 Å². The van der Waals surface area contributed by atoms with Crippen molar-refractivity contribution < 1.29 is 18.3 Å². The molecule has 94 valence electrons. The van der Waals surface area contributed by atoms with E-state index in [1.165, 1.54) is 0 Å². The third-order valence-electron chi connectivity index (χ3n) is 2.37. The summed E-state index contributed by atoms with van der Waals surface area (Å²) in [6.07, 6.45) is 0.829. The Hall–Kier alpha value is -0.360. The highest BCUT2D eigenvalue weighted by molar-refractivity contribution is 7.98. The number of rotatable bonds is 6. The van der Waals surface area contributed by atoms with Crippen molar-refractivity contribution in [2.45, 2.75) is 25.4 Å². The highest BCUT2D eigenvalue weighted by atomic mass is 32.2. The molecule has 1 aliphatic rings. The maximum atomic E-state index is 12.8. The second kappa shape index (κ2) is 5.82. The summed E-state index contributed by atoms with van der Waals surface area (Å²) in [7, 11) is 0. The van der Waals surface area contributed by atoms with Crippen LogP contribution in [0.2, 0.25) is 0 Å². The lowest BCUT2D eigenvalue weighted by Crippen LogP contribution is -2.31. The van der Waals surface area contributed by atoms with Gasteiger partial charge in [-0.3, -0.25) is 0 Å². The summed E-state index contributed by atoms with van der Waals surface area (Å²) in [6.45, 7) is 3.14. The summed E-state index contributed by atoms with van der Waals surface area (Å²) in [5.41, 5.74) is 0. The average molecular weight is 253 g/mol. The van der Waals surface area contributed by atoms with Crippen LogP contribution in [0.25, 0.3) is 0 Å². The van der Waals surface area contributed by atoms with Gasteiger partial charge in [0.05, 0.1) is 6.42 Å². The number of hydrogen-bond acceptors (Lipinski definition) is 4. The van der Waals surface area contributed by atoms with Crippen LogP contribution in [0, 0.1) is 5.92 Å². The smallest absolute Gasteiger partial charge is 0.377 e. The molecule has 1 saturated heterocycles. The Morgan fingerprint density at radius 3 is 2.88 bits per heavy atom. The molecule has 0 aromatic heterocycles. The molecule has 1 heterocycles. The molecule has 6 heteroatoms. The lowest BCUT2D eigenvalue weighted by Gasteiger charge is -2.13. The SMILES string of the molecule is CSCC(C)CNCC1CC(F)(F)C(=O)O1. The highest BCUT2D eigenvalue weighted by Crippen LogP contribution is 2.30. The number of thioether (sulfide) groups is 1. The Morgan fingerprint density at radius 2 is 2.38 bits per heavy atom. The number of cyclic esters (lactones) is 1. The lowest BCUT2D eigenvalue weighted by atomic mass is 10.2. The van der Waals surface area contributed by atoms with Gasteiger partial charge in [0.2, 0.25) is 0 Å². The molecular formula is C10H17F2NO2S. The van der Waals surface area contributed by atoms with E-state index in [9.17, 15) is 13.6 Å². The van der Waals surface area contributed by atoms with Crippen LogP contribution in [0.1, 0.15) is 13.3 Å². The zero-order valence-electron chi connectivity index (χ0n) is 9.46. The third-order valence-corrected chi connectivity index (χ3v) is 3.27. The van der Waals surface area contributed by atoms with Crippen LogP contribution >= 0.6 is 11.8 Å². The van der Waals surface area contributed by atoms with Crippen molar-refractivity contribution in [1.82, 2.24) is 5.32 Å². The molecule has 16 heavy (non-hydrogen) atoms. The Bertz CT molecular complexity index is 251. The molecule has 2 atom stereocenters. The zero-order valence-corrected chi connectivity index (χ0v) is 10.3. The van der Waals surface area contributed by atoms with Crippen LogP contribution in [0.4, 0.5) is 8.78 Å². The van der Waals surface area contributed by atoms with E-state index >= 15 is 0 Å². The molecule has 1 aliphatic heterocycles. The van der Waals surface area contributed by atoms with Crippen molar-refractivity contribution in [3.8, 4) is 0 Å². The fourth-order valence-corrected chi connectivity index (χ4v) is 2.28. The number of nitrogens with one attached hydrogen (secondary N) is 1. The van der Waals surface area contributed by atoms with Crippen LogP contribution in [0.15, 0.2) is 0 Å². The zero-order chi connectivity index (χ0) is 12.2. The fraction of sp³-hybridized carbons (Fsp3) is 0.900. The second-order valence-electron chi connectivity index (χ2n) is 4.15. The molecular weight excluding hydrogens is 236 g/mol.